The van der Waals surface area contributed by atoms with Crippen LogP contribution in [0.1, 0.15) is 5.69 Å². The molecule has 17 heavy (non-hydrogen) atoms. The molecule has 0 bridgehead atoms. The van der Waals surface area contributed by atoms with Crippen LogP contribution >= 0.6 is 23.8 Å². The highest BCUT2D eigenvalue weighted by molar-refractivity contribution is 7.80. The van der Waals surface area contributed by atoms with Crippen LogP contribution in [0.4, 0.5) is 11.6 Å². The maximum atomic E-state index is 5.79. The number of aromatic nitrogens is 2. The average molecular weight is 265 g/mol. The Morgan fingerprint density at radius 2 is 1.94 bits per heavy atom. The highest BCUT2D eigenvalue weighted by atomic mass is 35.5. The smallest absolute Gasteiger partial charge is 0.227 e. The van der Waals surface area contributed by atoms with Crippen molar-refractivity contribution in [2.75, 3.05) is 5.32 Å². The minimum atomic E-state index is 0.242. The minimum absolute atomic E-state index is 0.242. The average Bonchev–Trinajstić information content (AvgIpc) is 2.32. The fourth-order valence-corrected chi connectivity index (χ4v) is 1.46. The SMILES string of the molecule is NC(=S)c1ccnc(Nc2ccc(Cl)cc2)n1. The summed E-state index contributed by atoms with van der Waals surface area (Å²) >= 11 is 10.6. The third-order valence-corrected chi connectivity index (χ3v) is 2.47. The van der Waals surface area contributed by atoms with Crippen LogP contribution in [-0.4, -0.2) is 15.0 Å². The molecule has 1 aromatic carbocycles. The molecule has 0 aliphatic heterocycles. The van der Waals surface area contributed by atoms with E-state index in [4.69, 9.17) is 29.6 Å². The Bertz CT molecular complexity index is 541. The summed E-state index contributed by atoms with van der Waals surface area (Å²) in [4.78, 5) is 8.48. The number of benzene rings is 1. The van der Waals surface area contributed by atoms with E-state index >= 15 is 0 Å². The van der Waals surface area contributed by atoms with Gasteiger partial charge >= 0.3 is 0 Å². The van der Waals surface area contributed by atoms with Crippen LogP contribution in [0.2, 0.25) is 5.02 Å². The number of halogens is 1. The highest BCUT2D eigenvalue weighted by Crippen LogP contribution is 2.16. The lowest BCUT2D eigenvalue weighted by atomic mass is 10.3. The van der Waals surface area contributed by atoms with E-state index in [1.807, 2.05) is 12.1 Å². The van der Waals surface area contributed by atoms with Gasteiger partial charge in [-0.3, -0.25) is 0 Å². The van der Waals surface area contributed by atoms with Gasteiger partial charge in [-0.15, -0.1) is 0 Å². The van der Waals surface area contributed by atoms with E-state index in [0.717, 1.165) is 5.69 Å². The fourth-order valence-electron chi connectivity index (χ4n) is 1.22. The van der Waals surface area contributed by atoms with E-state index in [9.17, 15) is 0 Å². The van der Waals surface area contributed by atoms with Gasteiger partial charge in [0.15, 0.2) is 0 Å². The zero-order valence-corrected chi connectivity index (χ0v) is 10.3. The van der Waals surface area contributed by atoms with Gasteiger partial charge in [-0.2, -0.15) is 0 Å². The third-order valence-electron chi connectivity index (χ3n) is 2.01. The summed E-state index contributed by atoms with van der Waals surface area (Å²) in [5.74, 6) is 0.442. The van der Waals surface area contributed by atoms with Gasteiger partial charge < -0.3 is 11.1 Å². The number of rotatable bonds is 3. The van der Waals surface area contributed by atoms with Crippen molar-refractivity contribution in [1.29, 1.82) is 0 Å². The number of hydrogen-bond acceptors (Lipinski definition) is 4. The fraction of sp³-hybridized carbons (Fsp3) is 0. The Labute approximate surface area is 109 Å². The number of thiocarbonyl (C=S) groups is 1. The maximum Gasteiger partial charge on any atom is 0.227 e. The van der Waals surface area contributed by atoms with Crippen LogP contribution in [0.15, 0.2) is 36.5 Å². The van der Waals surface area contributed by atoms with Crippen molar-refractivity contribution in [2.24, 2.45) is 5.73 Å². The predicted octanol–water partition coefficient (Wildman–Crippen LogP) is 2.51. The largest absolute Gasteiger partial charge is 0.388 e. The standard InChI is InChI=1S/C11H9ClN4S/c12-7-1-3-8(4-2-7)15-11-14-6-5-9(16-11)10(13)17/h1-6H,(H2,13,17)(H,14,15,16). The Morgan fingerprint density at radius 3 is 2.59 bits per heavy atom. The summed E-state index contributed by atoms with van der Waals surface area (Å²) in [5, 5.41) is 3.70. The monoisotopic (exact) mass is 264 g/mol. The number of nitrogens with zero attached hydrogens (tertiary/aromatic N) is 2. The Balaban J connectivity index is 2.21. The number of nitrogens with one attached hydrogen (secondary N) is 1. The lowest BCUT2D eigenvalue weighted by Crippen LogP contribution is -2.12. The van der Waals surface area contributed by atoms with Crippen molar-refractivity contribution < 1.29 is 0 Å². The van der Waals surface area contributed by atoms with Crippen LogP contribution < -0.4 is 11.1 Å². The molecule has 4 nitrogen and oxygen atoms in total. The van der Waals surface area contributed by atoms with Gasteiger partial charge in [0, 0.05) is 16.9 Å². The van der Waals surface area contributed by atoms with Gasteiger partial charge in [-0.1, -0.05) is 23.8 Å². The maximum absolute atomic E-state index is 5.79. The topological polar surface area (TPSA) is 63.8 Å². The van der Waals surface area contributed by atoms with E-state index in [0.29, 0.717) is 16.7 Å². The number of hydrogen-bond donors (Lipinski definition) is 2. The molecule has 86 valence electrons. The molecule has 0 radical (unpaired) electrons. The van der Waals surface area contributed by atoms with E-state index in [1.54, 1.807) is 24.4 Å². The van der Waals surface area contributed by atoms with Crippen molar-refractivity contribution in [2.45, 2.75) is 0 Å². The summed E-state index contributed by atoms with van der Waals surface area (Å²) in [6, 6.07) is 8.89. The first kappa shape index (κ1) is 11.8. The van der Waals surface area contributed by atoms with E-state index in [2.05, 4.69) is 15.3 Å². The second kappa shape index (κ2) is 5.07. The molecule has 0 fully saturated rings. The molecule has 0 atom stereocenters. The molecule has 2 aromatic rings. The van der Waals surface area contributed by atoms with Gasteiger partial charge in [0.25, 0.3) is 0 Å². The molecule has 0 unspecified atom stereocenters. The lowest BCUT2D eigenvalue weighted by Gasteiger charge is -2.05. The summed E-state index contributed by atoms with van der Waals surface area (Å²) in [6.45, 7) is 0. The molecule has 1 aromatic heterocycles. The zero-order valence-electron chi connectivity index (χ0n) is 8.72. The van der Waals surface area contributed by atoms with Crippen molar-refractivity contribution in [3.63, 3.8) is 0 Å². The predicted molar refractivity (Wildman–Crippen MR) is 72.7 cm³/mol. The van der Waals surface area contributed by atoms with E-state index < -0.39 is 0 Å². The first-order chi connectivity index (χ1) is 8.15. The molecule has 0 saturated carbocycles. The second-order valence-electron chi connectivity index (χ2n) is 3.26. The first-order valence-corrected chi connectivity index (χ1v) is 5.59. The van der Waals surface area contributed by atoms with Crippen LogP contribution in [0.3, 0.4) is 0 Å². The van der Waals surface area contributed by atoms with Gasteiger partial charge in [0.1, 0.15) is 10.7 Å². The Kier molecular flexibility index (Phi) is 3.51. The second-order valence-corrected chi connectivity index (χ2v) is 4.14. The molecular formula is C11H9ClN4S. The minimum Gasteiger partial charge on any atom is -0.388 e. The van der Waals surface area contributed by atoms with Gasteiger partial charge in [0.05, 0.1) is 0 Å². The number of anilines is 2. The quantitative estimate of drug-likeness (QED) is 0.834. The summed E-state index contributed by atoms with van der Waals surface area (Å²) in [5.41, 5.74) is 6.87. The normalized spacial score (nSPS) is 9.94. The van der Waals surface area contributed by atoms with Crippen molar-refractivity contribution in [1.82, 2.24) is 9.97 Å². The molecule has 2 rings (SSSR count). The van der Waals surface area contributed by atoms with Crippen LogP contribution in [0, 0.1) is 0 Å². The van der Waals surface area contributed by atoms with Crippen molar-refractivity contribution >= 4 is 40.4 Å². The lowest BCUT2D eigenvalue weighted by molar-refractivity contribution is 1.15. The van der Waals surface area contributed by atoms with Gasteiger partial charge in [-0.05, 0) is 30.3 Å². The summed E-state index contributed by atoms with van der Waals surface area (Å²) in [6.07, 6.45) is 1.60. The molecule has 0 aliphatic carbocycles. The van der Waals surface area contributed by atoms with Crippen LogP contribution in [0.5, 0.6) is 0 Å². The van der Waals surface area contributed by atoms with Gasteiger partial charge in [-0.25, -0.2) is 9.97 Å². The Morgan fingerprint density at radius 1 is 1.24 bits per heavy atom. The molecule has 6 heteroatoms. The molecule has 0 saturated heterocycles. The molecule has 3 N–H and O–H groups in total. The first-order valence-electron chi connectivity index (χ1n) is 4.80. The molecular weight excluding hydrogens is 256 g/mol. The highest BCUT2D eigenvalue weighted by Gasteiger charge is 2.01. The van der Waals surface area contributed by atoms with Crippen LogP contribution in [0.25, 0.3) is 0 Å². The Hall–Kier alpha value is -1.72. The third kappa shape index (κ3) is 3.12. The molecule has 0 aliphatic rings. The van der Waals surface area contributed by atoms with E-state index in [1.165, 1.54) is 0 Å². The van der Waals surface area contributed by atoms with Crippen molar-refractivity contribution in [3.8, 4) is 0 Å². The van der Waals surface area contributed by atoms with Gasteiger partial charge in [0.2, 0.25) is 5.95 Å². The van der Waals surface area contributed by atoms with Crippen molar-refractivity contribution in [3.05, 3.63) is 47.2 Å². The molecule has 1 heterocycles. The number of nitrogens with two attached hydrogens (primary N) is 1. The molecule has 0 spiro atoms. The van der Waals surface area contributed by atoms with E-state index in [-0.39, 0.29) is 4.99 Å². The molecule has 0 amide bonds. The van der Waals surface area contributed by atoms with Crippen LogP contribution in [-0.2, 0) is 0 Å². The summed E-state index contributed by atoms with van der Waals surface area (Å²) in [7, 11) is 0. The zero-order chi connectivity index (χ0) is 12.3. The summed E-state index contributed by atoms with van der Waals surface area (Å²) < 4.78 is 0.